The van der Waals surface area contributed by atoms with Crippen molar-refractivity contribution in [2.75, 3.05) is 24.8 Å². The van der Waals surface area contributed by atoms with Gasteiger partial charge in [0.25, 0.3) is 0 Å². The number of thioether (sulfide) groups is 1. The molecule has 4 rings (SSSR count). The van der Waals surface area contributed by atoms with Crippen molar-refractivity contribution in [2.45, 2.75) is 44.6 Å². The number of fused-ring (bicyclic) bond motifs is 1. The molecule has 2 heterocycles. The molecule has 0 saturated carbocycles. The van der Waals surface area contributed by atoms with E-state index in [0.29, 0.717) is 38.7 Å². The number of aromatic nitrogens is 2. The van der Waals surface area contributed by atoms with E-state index >= 15 is 0 Å². The number of ether oxygens (including phenoxy) is 2. The number of benzene rings is 1. The first kappa shape index (κ1) is 25.1. The number of methoxy groups -OCH3 is 1. The summed E-state index contributed by atoms with van der Waals surface area (Å²) in [4.78, 5) is 38.8. The van der Waals surface area contributed by atoms with Gasteiger partial charge in [-0.3, -0.25) is 9.32 Å². The maximum Gasteiger partial charge on any atom is 0.442 e. The van der Waals surface area contributed by atoms with Crippen LogP contribution in [0.3, 0.4) is 0 Å². The molecule has 1 unspecified atom stereocenters. The fourth-order valence-electron chi connectivity index (χ4n) is 3.98. The Balaban J connectivity index is 1.43. The minimum absolute atomic E-state index is 0.152. The molecule has 1 aliphatic rings. The summed E-state index contributed by atoms with van der Waals surface area (Å²) < 4.78 is 16.9. The summed E-state index contributed by atoms with van der Waals surface area (Å²) in [6, 6.07) is 7.13. The quantitative estimate of drug-likeness (QED) is 0.252. The third kappa shape index (κ3) is 5.62. The number of carbonyl (C=O) groups is 2. The third-order valence-corrected chi connectivity index (χ3v) is 7.95. The molecule has 0 fully saturated rings. The highest BCUT2D eigenvalue weighted by atomic mass is 32.2. The van der Waals surface area contributed by atoms with Crippen molar-refractivity contribution in [3.63, 3.8) is 0 Å². The van der Waals surface area contributed by atoms with Crippen LogP contribution in [0.25, 0.3) is 5.69 Å². The number of anilines is 1. The van der Waals surface area contributed by atoms with Gasteiger partial charge in [0, 0.05) is 29.2 Å². The van der Waals surface area contributed by atoms with Crippen LogP contribution in [0.4, 0.5) is 5.00 Å². The summed E-state index contributed by atoms with van der Waals surface area (Å²) in [6.45, 7) is 4.24. The first-order valence-corrected chi connectivity index (χ1v) is 13.2. The van der Waals surface area contributed by atoms with Crippen molar-refractivity contribution in [2.24, 2.45) is 5.92 Å². The predicted octanol–water partition coefficient (Wildman–Crippen LogP) is 3.74. The molecule has 35 heavy (non-hydrogen) atoms. The van der Waals surface area contributed by atoms with Gasteiger partial charge in [-0.25, -0.2) is 9.59 Å². The van der Waals surface area contributed by atoms with Crippen LogP contribution in [0.5, 0.6) is 5.75 Å². The van der Waals surface area contributed by atoms with E-state index < -0.39 is 11.6 Å². The molecule has 3 aromatic rings. The Morgan fingerprint density at radius 3 is 2.80 bits per heavy atom. The Bertz CT molecular complexity index is 1260. The Morgan fingerprint density at radius 2 is 2.09 bits per heavy atom. The zero-order chi connectivity index (χ0) is 24.9. The lowest BCUT2D eigenvalue weighted by Crippen LogP contribution is -2.36. The minimum atomic E-state index is -0.518. The zero-order valence-electron chi connectivity index (χ0n) is 19.8. The summed E-state index contributed by atoms with van der Waals surface area (Å²) in [6.07, 6.45) is 2.86. The van der Waals surface area contributed by atoms with E-state index in [-0.39, 0.29) is 18.9 Å². The molecule has 2 N–H and O–H groups in total. The van der Waals surface area contributed by atoms with Crippen LogP contribution in [0.1, 0.15) is 47.5 Å². The molecule has 1 atom stereocenters. The van der Waals surface area contributed by atoms with Crippen LogP contribution in [-0.2, 0) is 22.4 Å². The van der Waals surface area contributed by atoms with Gasteiger partial charge in [0.1, 0.15) is 10.8 Å². The second-order valence-electron chi connectivity index (χ2n) is 8.24. The molecule has 0 radical (unpaired) electrons. The number of nitrogens with zero attached hydrogens (tertiary/aromatic N) is 1. The normalized spacial score (nSPS) is 14.9. The molecule has 186 valence electrons. The van der Waals surface area contributed by atoms with E-state index in [1.807, 2.05) is 0 Å². The molecular weight excluding hydrogens is 490 g/mol. The largest absolute Gasteiger partial charge is 0.497 e. The van der Waals surface area contributed by atoms with Crippen molar-refractivity contribution in [3.05, 3.63) is 50.7 Å². The zero-order valence-corrected chi connectivity index (χ0v) is 21.5. The van der Waals surface area contributed by atoms with E-state index in [0.717, 1.165) is 29.7 Å². The summed E-state index contributed by atoms with van der Waals surface area (Å²) in [7, 11) is 1.58. The summed E-state index contributed by atoms with van der Waals surface area (Å²) >= 11 is 2.68. The molecule has 1 aliphatic carbocycles. The van der Waals surface area contributed by atoms with Crippen molar-refractivity contribution in [1.29, 1.82) is 0 Å². The Hall–Kier alpha value is -3.05. The number of thiophene rings is 1. The maximum atomic E-state index is 12.8. The number of esters is 1. The lowest BCUT2D eigenvalue weighted by atomic mass is 9.88. The molecule has 1 amide bonds. The van der Waals surface area contributed by atoms with Crippen LogP contribution in [0.2, 0.25) is 0 Å². The highest BCUT2D eigenvalue weighted by Gasteiger charge is 2.29. The third-order valence-electron chi connectivity index (χ3n) is 5.75. The molecular formula is C24H28N3O6S2+. The molecule has 0 aliphatic heterocycles. The number of hydrogen-bond acceptors (Lipinski definition) is 8. The smallest absolute Gasteiger partial charge is 0.442 e. The Kier molecular flexibility index (Phi) is 7.97. The van der Waals surface area contributed by atoms with Crippen molar-refractivity contribution in [3.8, 4) is 11.4 Å². The molecule has 0 saturated heterocycles. The van der Waals surface area contributed by atoms with Gasteiger partial charge in [-0.05, 0) is 71.5 Å². The van der Waals surface area contributed by atoms with E-state index in [1.54, 1.807) is 38.3 Å². The van der Waals surface area contributed by atoms with E-state index in [2.05, 4.69) is 17.5 Å². The first-order chi connectivity index (χ1) is 16.9. The van der Waals surface area contributed by atoms with E-state index in [1.165, 1.54) is 27.8 Å². The van der Waals surface area contributed by atoms with Gasteiger partial charge in [-0.1, -0.05) is 6.92 Å². The Morgan fingerprint density at radius 1 is 1.31 bits per heavy atom. The van der Waals surface area contributed by atoms with Gasteiger partial charge in [0.2, 0.25) is 11.6 Å². The summed E-state index contributed by atoms with van der Waals surface area (Å²) in [5.74, 6) is 0.960. The average molecular weight is 519 g/mol. The topological polar surface area (TPSA) is 115 Å². The van der Waals surface area contributed by atoms with Crippen LogP contribution in [0, 0.1) is 5.92 Å². The second kappa shape index (κ2) is 11.1. The van der Waals surface area contributed by atoms with Crippen molar-refractivity contribution >= 4 is 40.0 Å². The monoisotopic (exact) mass is 518 g/mol. The van der Waals surface area contributed by atoms with Crippen LogP contribution >= 0.6 is 23.1 Å². The minimum Gasteiger partial charge on any atom is -0.497 e. The molecule has 2 aromatic heterocycles. The van der Waals surface area contributed by atoms with Gasteiger partial charge in [0.05, 0.1) is 19.3 Å². The van der Waals surface area contributed by atoms with Gasteiger partial charge in [-0.2, -0.15) is 0 Å². The number of rotatable bonds is 9. The molecule has 0 spiro atoms. The maximum absolute atomic E-state index is 12.8. The van der Waals surface area contributed by atoms with Gasteiger partial charge < -0.3 is 14.8 Å². The number of nitrogens with one attached hydrogen (secondary N) is 2. The van der Waals surface area contributed by atoms with Crippen LogP contribution in [0.15, 0.2) is 38.6 Å². The average Bonchev–Trinajstić information content (AvgIpc) is 3.38. The van der Waals surface area contributed by atoms with Gasteiger partial charge in [-0.15, -0.1) is 11.3 Å². The fraction of sp³-hybridized carbons (Fsp3) is 0.417. The fourth-order valence-corrected chi connectivity index (χ4v) is 6.30. The number of aromatic amines is 1. The van der Waals surface area contributed by atoms with Gasteiger partial charge in [0.15, 0.2) is 0 Å². The van der Waals surface area contributed by atoms with Crippen LogP contribution in [-0.4, -0.2) is 36.6 Å². The SMILES string of the molecule is CCOC(=O)c1c(NC(=O)CCSc2c(=O)o[nH][n+]2-c2ccc(OC)cc2)sc2c1CCC(C)C2. The Labute approximate surface area is 210 Å². The lowest BCUT2D eigenvalue weighted by molar-refractivity contribution is -0.704. The number of carbonyl (C=O) groups excluding carboxylic acids is 2. The lowest BCUT2D eigenvalue weighted by Gasteiger charge is -2.18. The van der Waals surface area contributed by atoms with Crippen molar-refractivity contribution < 1.29 is 28.3 Å². The number of amides is 1. The molecule has 11 heteroatoms. The van der Waals surface area contributed by atoms with Crippen molar-refractivity contribution in [1.82, 2.24) is 5.27 Å². The number of H-pyrrole nitrogens is 1. The van der Waals surface area contributed by atoms with Gasteiger partial charge >= 0.3 is 16.6 Å². The molecule has 1 aromatic carbocycles. The van der Waals surface area contributed by atoms with E-state index in [9.17, 15) is 14.4 Å². The highest BCUT2D eigenvalue weighted by molar-refractivity contribution is 7.99. The second-order valence-corrected chi connectivity index (χ2v) is 10.4. The van der Waals surface area contributed by atoms with E-state index in [4.69, 9.17) is 14.0 Å². The molecule has 9 nitrogen and oxygen atoms in total. The highest BCUT2D eigenvalue weighted by Crippen LogP contribution is 2.40. The number of hydrogen-bond donors (Lipinski definition) is 2. The first-order valence-electron chi connectivity index (χ1n) is 11.4. The standard InChI is InChI=1S/C24H27N3O6S2/c1-4-32-23(29)20-17-10-5-14(2)13-18(17)35-21(20)25-19(28)11-12-34-22-24(30)33-26-27(22)15-6-8-16(31-3)9-7-15/h6-9,14H,4-5,10-13H2,1-3H3,(H-,25,26,28,29,30)/p+1. The predicted molar refractivity (Wildman–Crippen MR) is 133 cm³/mol. The van der Waals surface area contributed by atoms with Crippen LogP contribution < -0.4 is 20.4 Å². The molecule has 0 bridgehead atoms. The summed E-state index contributed by atoms with van der Waals surface area (Å²) in [5, 5.41) is 6.37. The summed E-state index contributed by atoms with van der Waals surface area (Å²) in [5.41, 5.74) is 1.67.